The number of benzene rings is 1. The Hall–Kier alpha value is -0.670. The molecule has 0 aliphatic carbocycles. The van der Waals surface area contributed by atoms with Gasteiger partial charge >= 0.3 is 0 Å². The van der Waals surface area contributed by atoms with Crippen molar-refractivity contribution in [3.8, 4) is 0 Å². The van der Waals surface area contributed by atoms with Gasteiger partial charge in [0.2, 0.25) is 0 Å². The third kappa shape index (κ3) is 2.64. The molecule has 0 saturated heterocycles. The van der Waals surface area contributed by atoms with Gasteiger partial charge in [-0.15, -0.1) is 0 Å². The lowest BCUT2D eigenvalue weighted by molar-refractivity contribution is 0.575. The largest absolute Gasteiger partial charge is 0.328 e. The van der Waals surface area contributed by atoms with Crippen LogP contribution < -0.4 is 5.73 Å². The highest BCUT2D eigenvalue weighted by molar-refractivity contribution is 6.30. The summed E-state index contributed by atoms with van der Waals surface area (Å²) in [7, 11) is 0. The van der Waals surface area contributed by atoms with Crippen LogP contribution in [0.2, 0.25) is 5.02 Å². The van der Waals surface area contributed by atoms with E-state index in [-0.39, 0.29) is 23.0 Å². The molecule has 1 aromatic rings. The summed E-state index contributed by atoms with van der Waals surface area (Å²) in [6, 6.07) is 1.85. The van der Waals surface area contributed by atoms with Gasteiger partial charge in [0.25, 0.3) is 0 Å². The average Bonchev–Trinajstić information content (AvgIpc) is 1.98. The van der Waals surface area contributed by atoms with Crippen LogP contribution in [0, 0.1) is 11.6 Å². The molecule has 0 fully saturated rings. The zero-order valence-corrected chi connectivity index (χ0v) is 7.91. The van der Waals surface area contributed by atoms with Gasteiger partial charge in [-0.25, -0.2) is 8.78 Å². The van der Waals surface area contributed by atoms with Gasteiger partial charge < -0.3 is 5.73 Å². The standard InChI is InChI=1S/C9H10ClF2N/c1-5(13)2-6-3-7(11)4-8(10)9(6)12/h3-5H,2,13H2,1H3. The summed E-state index contributed by atoms with van der Waals surface area (Å²) in [5.41, 5.74) is 5.68. The van der Waals surface area contributed by atoms with Crippen molar-refractivity contribution in [2.24, 2.45) is 5.73 Å². The van der Waals surface area contributed by atoms with Crippen LogP contribution in [-0.2, 0) is 6.42 Å². The number of hydrogen-bond donors (Lipinski definition) is 1. The summed E-state index contributed by atoms with van der Waals surface area (Å²) in [5.74, 6) is -1.12. The van der Waals surface area contributed by atoms with E-state index in [2.05, 4.69) is 0 Å². The second-order valence-electron chi connectivity index (χ2n) is 3.04. The third-order valence-electron chi connectivity index (χ3n) is 1.61. The Kier molecular flexibility index (Phi) is 3.22. The van der Waals surface area contributed by atoms with Crippen molar-refractivity contribution in [3.63, 3.8) is 0 Å². The lowest BCUT2D eigenvalue weighted by Gasteiger charge is -2.07. The van der Waals surface area contributed by atoms with E-state index in [1.807, 2.05) is 0 Å². The lowest BCUT2D eigenvalue weighted by atomic mass is 10.1. The second-order valence-corrected chi connectivity index (χ2v) is 3.45. The molecular formula is C9H10ClF2N. The average molecular weight is 206 g/mol. The highest BCUT2D eigenvalue weighted by atomic mass is 35.5. The van der Waals surface area contributed by atoms with Gasteiger partial charge in [0.1, 0.15) is 11.6 Å². The summed E-state index contributed by atoms with van der Waals surface area (Å²) in [5, 5.41) is -0.198. The maximum absolute atomic E-state index is 13.2. The Morgan fingerprint density at radius 3 is 2.62 bits per heavy atom. The lowest BCUT2D eigenvalue weighted by Crippen LogP contribution is -2.18. The van der Waals surface area contributed by atoms with Crippen LogP contribution in [0.4, 0.5) is 8.78 Å². The molecule has 0 spiro atoms. The van der Waals surface area contributed by atoms with Crippen molar-refractivity contribution >= 4 is 11.6 Å². The fraction of sp³-hybridized carbons (Fsp3) is 0.333. The summed E-state index contributed by atoms with van der Waals surface area (Å²) < 4.78 is 26.0. The monoisotopic (exact) mass is 205 g/mol. The number of hydrogen-bond acceptors (Lipinski definition) is 1. The molecule has 1 nitrogen and oxygen atoms in total. The first-order valence-electron chi connectivity index (χ1n) is 3.89. The Balaban J connectivity index is 3.05. The van der Waals surface area contributed by atoms with Gasteiger partial charge in [0.15, 0.2) is 0 Å². The Labute approximate surface area is 80.5 Å². The van der Waals surface area contributed by atoms with Gasteiger partial charge in [-0.1, -0.05) is 11.6 Å². The molecule has 0 amide bonds. The highest BCUT2D eigenvalue weighted by Gasteiger charge is 2.10. The normalized spacial score (nSPS) is 13.0. The van der Waals surface area contributed by atoms with Crippen LogP contribution >= 0.6 is 11.6 Å². The summed E-state index contributed by atoms with van der Waals surface area (Å²) in [6.45, 7) is 1.72. The van der Waals surface area contributed by atoms with E-state index in [0.29, 0.717) is 0 Å². The van der Waals surface area contributed by atoms with E-state index in [0.717, 1.165) is 12.1 Å². The molecule has 1 atom stereocenters. The molecule has 0 aromatic heterocycles. The van der Waals surface area contributed by atoms with Gasteiger partial charge in [-0.2, -0.15) is 0 Å². The van der Waals surface area contributed by atoms with Gasteiger partial charge in [0, 0.05) is 6.04 Å². The molecule has 2 N–H and O–H groups in total. The Morgan fingerprint density at radius 2 is 2.08 bits per heavy atom. The van der Waals surface area contributed by atoms with Crippen molar-refractivity contribution in [2.75, 3.05) is 0 Å². The maximum Gasteiger partial charge on any atom is 0.145 e. The molecular weight excluding hydrogens is 196 g/mol. The predicted octanol–water partition coefficient (Wildman–Crippen LogP) is 2.51. The zero-order valence-electron chi connectivity index (χ0n) is 7.15. The van der Waals surface area contributed by atoms with Crippen LogP contribution in [0.25, 0.3) is 0 Å². The summed E-state index contributed by atoms with van der Waals surface area (Å²) in [6.07, 6.45) is 0.281. The number of halogens is 3. The molecule has 13 heavy (non-hydrogen) atoms. The van der Waals surface area contributed by atoms with E-state index in [4.69, 9.17) is 17.3 Å². The van der Waals surface area contributed by atoms with Gasteiger partial charge in [-0.05, 0) is 31.0 Å². The van der Waals surface area contributed by atoms with Crippen molar-refractivity contribution < 1.29 is 8.78 Å². The molecule has 4 heteroatoms. The third-order valence-corrected chi connectivity index (χ3v) is 1.89. The fourth-order valence-electron chi connectivity index (χ4n) is 1.10. The van der Waals surface area contributed by atoms with E-state index in [1.54, 1.807) is 6.92 Å². The maximum atomic E-state index is 13.2. The topological polar surface area (TPSA) is 26.0 Å². The van der Waals surface area contributed by atoms with E-state index in [9.17, 15) is 8.78 Å². The first kappa shape index (κ1) is 10.4. The van der Waals surface area contributed by atoms with Crippen LogP contribution in [0.3, 0.4) is 0 Å². The van der Waals surface area contributed by atoms with Crippen molar-refractivity contribution in [3.05, 3.63) is 34.4 Å². The molecule has 0 bridgehead atoms. The van der Waals surface area contributed by atoms with Crippen molar-refractivity contribution in [1.82, 2.24) is 0 Å². The molecule has 1 rings (SSSR count). The number of rotatable bonds is 2. The van der Waals surface area contributed by atoms with Gasteiger partial charge in [0.05, 0.1) is 5.02 Å². The summed E-state index contributed by atoms with van der Waals surface area (Å²) >= 11 is 5.45. The molecule has 1 unspecified atom stereocenters. The van der Waals surface area contributed by atoms with E-state index < -0.39 is 11.6 Å². The molecule has 0 aliphatic heterocycles. The molecule has 0 heterocycles. The molecule has 0 aliphatic rings. The second kappa shape index (κ2) is 4.03. The first-order chi connectivity index (χ1) is 6.00. The van der Waals surface area contributed by atoms with Crippen molar-refractivity contribution in [2.45, 2.75) is 19.4 Å². The van der Waals surface area contributed by atoms with Crippen LogP contribution in [0.1, 0.15) is 12.5 Å². The Bertz CT molecular complexity index is 313. The predicted molar refractivity (Wildman–Crippen MR) is 48.7 cm³/mol. The van der Waals surface area contributed by atoms with E-state index >= 15 is 0 Å². The zero-order chi connectivity index (χ0) is 10.0. The number of nitrogens with two attached hydrogens (primary N) is 1. The van der Waals surface area contributed by atoms with E-state index in [1.165, 1.54) is 0 Å². The van der Waals surface area contributed by atoms with Gasteiger partial charge in [-0.3, -0.25) is 0 Å². The first-order valence-corrected chi connectivity index (χ1v) is 4.27. The fourth-order valence-corrected chi connectivity index (χ4v) is 1.33. The quantitative estimate of drug-likeness (QED) is 0.738. The molecule has 72 valence electrons. The van der Waals surface area contributed by atoms with Crippen LogP contribution in [-0.4, -0.2) is 6.04 Å². The molecule has 0 saturated carbocycles. The smallest absolute Gasteiger partial charge is 0.145 e. The van der Waals surface area contributed by atoms with Crippen LogP contribution in [0.5, 0.6) is 0 Å². The SMILES string of the molecule is CC(N)Cc1cc(F)cc(Cl)c1F. The Morgan fingerprint density at radius 1 is 1.46 bits per heavy atom. The highest BCUT2D eigenvalue weighted by Crippen LogP contribution is 2.20. The minimum Gasteiger partial charge on any atom is -0.328 e. The molecule has 1 aromatic carbocycles. The minimum absolute atomic E-state index is 0.198. The van der Waals surface area contributed by atoms with Crippen LogP contribution in [0.15, 0.2) is 12.1 Å². The van der Waals surface area contributed by atoms with Crippen molar-refractivity contribution in [1.29, 1.82) is 0 Å². The minimum atomic E-state index is -0.583. The summed E-state index contributed by atoms with van der Waals surface area (Å²) in [4.78, 5) is 0. The molecule has 0 radical (unpaired) electrons.